The minimum absolute atomic E-state index is 0.0548. The van der Waals surface area contributed by atoms with Gasteiger partial charge in [-0.2, -0.15) is 0 Å². The van der Waals surface area contributed by atoms with Crippen molar-refractivity contribution in [1.29, 1.82) is 0 Å². The molecule has 12 aliphatic rings. The minimum Gasteiger partial charge on any atom is -0.458 e. The molecule has 0 heterocycles. The number of carbonyl (C=O) groups is 6. The first kappa shape index (κ1) is 53.3. The van der Waals surface area contributed by atoms with E-state index in [0.717, 1.165) is 135 Å². The second-order valence-electron chi connectivity index (χ2n) is 30.2. The maximum Gasteiger partial charge on any atom is 0.320 e. The van der Waals surface area contributed by atoms with Gasteiger partial charge in [0.1, 0.15) is 16.8 Å². The van der Waals surface area contributed by atoms with Crippen molar-refractivity contribution in [3.8, 4) is 0 Å². The standard InChI is InChI=1S/C66H93NO9/c1-58-25-16-43(68)34-40(58)10-13-46-49(58)19-28-61(4)52(46)22-31-64(61,7)74-55(71)37-67(38-56(72)75-65(8)32-23-53-47-14-11-41-35-44(69)17-26-59(41,2)50(47)20-29-62(53,65)5)39-57(73)76-66(9)33-24-54-48-15-12-42-36-45(70)18-27-60(42,3)51(48)21-30-63(54,66)6/h34-36,46-54H,10-33,37-39H2,1-9H3/t46?,47?,48?,49-,50-,51-,52-,53-,54-,58-,59-,60-,61-,62-,63-,64?,65?,66?/m0/s1. The lowest BCUT2D eigenvalue weighted by Crippen LogP contribution is -2.56. The van der Waals surface area contributed by atoms with Crippen LogP contribution in [0.3, 0.4) is 0 Å². The smallest absolute Gasteiger partial charge is 0.320 e. The molecule has 6 unspecified atom stereocenters. The summed E-state index contributed by atoms with van der Waals surface area (Å²) in [4.78, 5) is 83.5. The summed E-state index contributed by atoms with van der Waals surface area (Å²) in [6.45, 7) is 20.0. The van der Waals surface area contributed by atoms with E-state index < -0.39 is 34.7 Å². The fourth-order valence-electron chi connectivity index (χ4n) is 22.4. The lowest BCUT2D eigenvalue weighted by Gasteiger charge is -2.59. The van der Waals surface area contributed by atoms with Crippen LogP contribution in [0.2, 0.25) is 0 Å². The van der Waals surface area contributed by atoms with Crippen LogP contribution in [0.5, 0.6) is 0 Å². The molecule has 9 fully saturated rings. The number of esters is 3. The second kappa shape index (κ2) is 18.1. The number of carbonyl (C=O) groups excluding carboxylic acids is 6. The van der Waals surface area contributed by atoms with Gasteiger partial charge in [0.15, 0.2) is 17.3 Å². The number of fused-ring (bicyclic) bond motifs is 15. The molecule has 12 rings (SSSR count). The summed E-state index contributed by atoms with van der Waals surface area (Å²) < 4.78 is 20.4. The third kappa shape index (κ3) is 7.78. The summed E-state index contributed by atoms with van der Waals surface area (Å²) in [5.41, 5.74) is 1.46. The molecule has 10 heteroatoms. The van der Waals surface area contributed by atoms with E-state index >= 15 is 0 Å². The molecule has 18 atom stereocenters. The van der Waals surface area contributed by atoms with Crippen LogP contribution in [0.25, 0.3) is 0 Å². The SMILES string of the molecule is CC1(OC(=O)CN(CC(=O)OC2(C)CC[C@H]3C4CCC5=CC(=O)CC[C@]5(C)[C@H]4CC[C@@]32C)CC(=O)OC2(C)CC[C@H]3C4CCC5=CC(=O)CC[C@]5(C)[C@H]4CC[C@@]32C)CC[C@H]2C3CCC4=CC(=O)CC[C@]4(C)[C@H]3CC[C@@]21C. The third-order valence-corrected chi connectivity index (χ3v) is 27.6. The maximum absolute atomic E-state index is 14.7. The zero-order chi connectivity index (χ0) is 53.8. The van der Waals surface area contributed by atoms with Gasteiger partial charge < -0.3 is 14.2 Å². The van der Waals surface area contributed by atoms with E-state index in [1.807, 2.05) is 18.2 Å². The van der Waals surface area contributed by atoms with Crippen molar-refractivity contribution in [3.63, 3.8) is 0 Å². The lowest BCUT2D eigenvalue weighted by molar-refractivity contribution is -0.187. The van der Waals surface area contributed by atoms with Crippen LogP contribution in [0.15, 0.2) is 34.9 Å². The first-order valence-electron chi connectivity index (χ1n) is 30.9. The second-order valence-corrected chi connectivity index (χ2v) is 30.2. The molecule has 0 amide bonds. The quantitative estimate of drug-likeness (QED) is 0.162. The third-order valence-electron chi connectivity index (χ3n) is 27.6. The van der Waals surface area contributed by atoms with Crippen molar-refractivity contribution in [2.75, 3.05) is 19.6 Å². The van der Waals surface area contributed by atoms with Gasteiger partial charge in [0.2, 0.25) is 0 Å². The van der Waals surface area contributed by atoms with Crippen LogP contribution in [0.4, 0.5) is 0 Å². The predicted octanol–water partition coefficient (Wildman–Crippen LogP) is 12.8. The van der Waals surface area contributed by atoms with Crippen LogP contribution in [0.1, 0.15) is 216 Å². The minimum atomic E-state index is -0.703. The van der Waals surface area contributed by atoms with Crippen molar-refractivity contribution in [2.45, 2.75) is 233 Å². The Kier molecular flexibility index (Phi) is 12.6. The molecule has 0 N–H and O–H groups in total. The average molecular weight is 1040 g/mol. The number of allylic oxidation sites excluding steroid dienone is 3. The van der Waals surface area contributed by atoms with Crippen molar-refractivity contribution in [3.05, 3.63) is 34.9 Å². The normalized spacial score (nSPS) is 48.9. The molecule has 0 aromatic carbocycles. The number of hydrogen-bond acceptors (Lipinski definition) is 10. The molecule has 9 saturated carbocycles. The summed E-state index contributed by atoms with van der Waals surface area (Å²) in [5, 5.41) is 0. The van der Waals surface area contributed by atoms with Crippen molar-refractivity contribution >= 4 is 35.3 Å². The highest BCUT2D eigenvalue weighted by atomic mass is 16.6. The molecule has 0 spiro atoms. The summed E-state index contributed by atoms with van der Waals surface area (Å²) in [6, 6.07) is 0. The van der Waals surface area contributed by atoms with E-state index in [1.165, 1.54) is 16.7 Å². The van der Waals surface area contributed by atoms with Crippen molar-refractivity contribution in [2.24, 2.45) is 85.8 Å². The summed E-state index contributed by atoms with van der Waals surface area (Å²) in [5.74, 6) is 3.89. The van der Waals surface area contributed by atoms with Gasteiger partial charge >= 0.3 is 17.9 Å². The topological polar surface area (TPSA) is 133 Å². The van der Waals surface area contributed by atoms with Gasteiger partial charge in [-0.3, -0.25) is 33.7 Å². The fraction of sp³-hybridized carbons (Fsp3) is 0.818. The molecule has 12 aliphatic carbocycles. The zero-order valence-corrected chi connectivity index (χ0v) is 48.1. The summed E-state index contributed by atoms with van der Waals surface area (Å²) in [7, 11) is 0. The Balaban J connectivity index is 0.760. The maximum atomic E-state index is 14.7. The molecule has 10 nitrogen and oxygen atoms in total. The van der Waals surface area contributed by atoms with Gasteiger partial charge in [0, 0.05) is 35.5 Å². The molecule has 0 radical (unpaired) electrons. The Morgan fingerprint density at radius 1 is 0.382 bits per heavy atom. The van der Waals surface area contributed by atoms with Crippen LogP contribution >= 0.6 is 0 Å². The fourth-order valence-corrected chi connectivity index (χ4v) is 22.4. The number of hydrogen-bond donors (Lipinski definition) is 0. The zero-order valence-electron chi connectivity index (χ0n) is 48.1. The Hall–Kier alpha value is -3.40. The number of ketones is 3. The molecule has 416 valence electrons. The molecule has 0 aromatic rings. The molecule has 0 aromatic heterocycles. The van der Waals surface area contributed by atoms with Gasteiger partial charge in [0.25, 0.3) is 0 Å². The molecular formula is C66H93NO9. The lowest BCUT2D eigenvalue weighted by atomic mass is 9.46. The Bertz CT molecular complexity index is 2320. The largest absolute Gasteiger partial charge is 0.458 e. The van der Waals surface area contributed by atoms with E-state index in [0.29, 0.717) is 72.5 Å². The Morgan fingerprint density at radius 2 is 0.645 bits per heavy atom. The molecular weight excluding hydrogens is 951 g/mol. The average Bonchev–Trinajstić information content (AvgIpc) is 4.12. The Labute approximate surface area is 454 Å². The van der Waals surface area contributed by atoms with E-state index in [-0.39, 0.29) is 69.5 Å². The van der Waals surface area contributed by atoms with Crippen molar-refractivity contribution < 1.29 is 43.0 Å². The number of nitrogens with zero attached hydrogens (tertiary/aromatic N) is 1. The highest BCUT2D eigenvalue weighted by molar-refractivity contribution is 5.92. The van der Waals surface area contributed by atoms with E-state index in [2.05, 4.69) is 62.3 Å². The Morgan fingerprint density at radius 3 is 0.921 bits per heavy atom. The summed E-state index contributed by atoms with van der Waals surface area (Å²) in [6.07, 6.45) is 28.0. The molecule has 76 heavy (non-hydrogen) atoms. The van der Waals surface area contributed by atoms with E-state index in [1.54, 1.807) is 4.90 Å². The van der Waals surface area contributed by atoms with Crippen molar-refractivity contribution in [1.82, 2.24) is 4.90 Å². The molecule has 0 bridgehead atoms. The van der Waals surface area contributed by atoms with Gasteiger partial charge in [-0.15, -0.1) is 0 Å². The van der Waals surface area contributed by atoms with Gasteiger partial charge in [-0.25, -0.2) is 0 Å². The summed E-state index contributed by atoms with van der Waals surface area (Å²) >= 11 is 0. The van der Waals surface area contributed by atoms with Crippen LogP contribution in [-0.4, -0.2) is 76.6 Å². The van der Waals surface area contributed by atoms with Gasteiger partial charge in [-0.1, -0.05) is 58.3 Å². The van der Waals surface area contributed by atoms with Gasteiger partial charge in [-0.05, 0) is 243 Å². The van der Waals surface area contributed by atoms with Crippen LogP contribution < -0.4 is 0 Å². The molecule has 0 saturated heterocycles. The first-order chi connectivity index (χ1) is 35.8. The van der Waals surface area contributed by atoms with Crippen LogP contribution in [0, 0.1) is 85.8 Å². The highest BCUT2D eigenvalue weighted by Gasteiger charge is 2.68. The van der Waals surface area contributed by atoms with E-state index in [4.69, 9.17) is 14.2 Å². The molecule has 0 aliphatic heterocycles. The van der Waals surface area contributed by atoms with Crippen LogP contribution in [-0.2, 0) is 43.0 Å². The highest BCUT2D eigenvalue weighted by Crippen LogP contribution is 2.71. The number of ether oxygens (including phenoxy) is 3. The monoisotopic (exact) mass is 1040 g/mol. The van der Waals surface area contributed by atoms with E-state index in [9.17, 15) is 28.8 Å². The van der Waals surface area contributed by atoms with Gasteiger partial charge in [0.05, 0.1) is 19.6 Å². The number of rotatable bonds is 9. The first-order valence-corrected chi connectivity index (χ1v) is 30.9. The predicted molar refractivity (Wildman–Crippen MR) is 290 cm³/mol.